The third-order valence-electron chi connectivity index (χ3n) is 4.08. The second-order valence-electron chi connectivity index (χ2n) is 7.59. The van der Waals surface area contributed by atoms with Crippen LogP contribution in [0.4, 0.5) is 4.79 Å². The summed E-state index contributed by atoms with van der Waals surface area (Å²) < 4.78 is 17.2. The number of carbonyl (C=O) groups excluding carboxylic acids is 1. The number of amides is 1. The van der Waals surface area contributed by atoms with Gasteiger partial charge in [-0.15, -0.1) is 0 Å². The first-order valence-electron chi connectivity index (χ1n) is 7.45. The predicted molar refractivity (Wildman–Crippen MR) is 76.8 cm³/mol. The van der Waals surface area contributed by atoms with Crippen LogP contribution in [0.15, 0.2) is 0 Å². The van der Waals surface area contributed by atoms with E-state index >= 15 is 0 Å². The molecule has 2 aliphatic rings. The van der Waals surface area contributed by atoms with Crippen molar-refractivity contribution >= 4 is 6.09 Å². The van der Waals surface area contributed by atoms with Crippen molar-refractivity contribution in [1.29, 1.82) is 0 Å². The summed E-state index contributed by atoms with van der Waals surface area (Å²) in [5.41, 5.74) is -1.15. The Balaban J connectivity index is 2.10. The monoisotopic (exact) mass is 301 g/mol. The Morgan fingerprint density at radius 1 is 1.38 bits per heavy atom. The Hall–Kier alpha value is -0.850. The van der Waals surface area contributed by atoms with E-state index in [1.54, 1.807) is 0 Å². The number of hydrogen-bond donors (Lipinski definition) is 2. The van der Waals surface area contributed by atoms with Crippen LogP contribution in [-0.4, -0.2) is 46.9 Å². The molecule has 1 aliphatic heterocycles. The highest BCUT2D eigenvalue weighted by Gasteiger charge is 2.62. The summed E-state index contributed by atoms with van der Waals surface area (Å²) in [4.78, 5) is 12.0. The van der Waals surface area contributed by atoms with Crippen LogP contribution in [0.5, 0.6) is 0 Å². The largest absolute Gasteiger partial charge is 0.444 e. The molecule has 2 N–H and O–H groups in total. The lowest BCUT2D eigenvalue weighted by atomic mass is 9.92. The van der Waals surface area contributed by atoms with Crippen LogP contribution in [0.2, 0.25) is 0 Å². The first kappa shape index (κ1) is 16.5. The molecule has 1 aliphatic carbocycles. The van der Waals surface area contributed by atoms with E-state index in [1.807, 2.05) is 41.5 Å². The molecule has 21 heavy (non-hydrogen) atoms. The molecule has 0 aromatic rings. The zero-order chi connectivity index (χ0) is 16.1. The van der Waals surface area contributed by atoms with Crippen molar-refractivity contribution in [3.05, 3.63) is 0 Å². The van der Waals surface area contributed by atoms with E-state index in [1.165, 1.54) is 0 Å². The zero-order valence-electron chi connectivity index (χ0n) is 13.7. The van der Waals surface area contributed by atoms with E-state index in [2.05, 4.69) is 5.32 Å². The van der Waals surface area contributed by atoms with Crippen molar-refractivity contribution in [3.63, 3.8) is 0 Å². The quantitative estimate of drug-likeness (QED) is 0.813. The van der Waals surface area contributed by atoms with Gasteiger partial charge in [0.25, 0.3) is 0 Å². The third-order valence-corrected chi connectivity index (χ3v) is 4.08. The topological polar surface area (TPSA) is 77.0 Å². The van der Waals surface area contributed by atoms with Crippen molar-refractivity contribution in [3.8, 4) is 0 Å². The average molecular weight is 301 g/mol. The Morgan fingerprint density at radius 2 is 2.00 bits per heavy atom. The maximum atomic E-state index is 12.0. The number of hydrogen-bond acceptors (Lipinski definition) is 5. The van der Waals surface area contributed by atoms with Gasteiger partial charge in [0.2, 0.25) is 0 Å². The van der Waals surface area contributed by atoms with Gasteiger partial charge in [0, 0.05) is 12.5 Å². The minimum absolute atomic E-state index is 0.00105. The van der Waals surface area contributed by atoms with E-state index in [4.69, 9.17) is 14.2 Å². The number of aliphatic hydroxyl groups is 1. The first-order chi connectivity index (χ1) is 9.47. The summed E-state index contributed by atoms with van der Waals surface area (Å²) in [6.07, 6.45) is -0.161. The molecule has 1 saturated carbocycles. The van der Waals surface area contributed by atoms with Gasteiger partial charge in [-0.25, -0.2) is 4.79 Å². The second-order valence-corrected chi connectivity index (χ2v) is 7.59. The van der Waals surface area contributed by atoms with Gasteiger partial charge in [0.05, 0.1) is 6.04 Å². The molecule has 0 aromatic heterocycles. The van der Waals surface area contributed by atoms with E-state index in [9.17, 15) is 9.90 Å². The van der Waals surface area contributed by atoms with Gasteiger partial charge in [0.15, 0.2) is 5.79 Å². The Kier molecular flexibility index (Phi) is 4.02. The normalized spacial score (nSPS) is 38.1. The van der Waals surface area contributed by atoms with Gasteiger partial charge < -0.3 is 24.6 Å². The third kappa shape index (κ3) is 3.33. The number of nitrogens with one attached hydrogen (secondary N) is 1. The van der Waals surface area contributed by atoms with Crippen LogP contribution in [0.1, 0.15) is 48.0 Å². The molecule has 1 heterocycles. The molecule has 1 amide bonds. The molecule has 1 unspecified atom stereocenters. The van der Waals surface area contributed by atoms with Crippen LogP contribution in [0.25, 0.3) is 0 Å². The minimum Gasteiger partial charge on any atom is -0.444 e. The fourth-order valence-corrected chi connectivity index (χ4v) is 3.35. The molecule has 0 radical (unpaired) electrons. The highest BCUT2D eigenvalue weighted by atomic mass is 16.8. The van der Waals surface area contributed by atoms with Crippen molar-refractivity contribution in [2.75, 3.05) is 6.61 Å². The maximum Gasteiger partial charge on any atom is 0.407 e. The summed E-state index contributed by atoms with van der Waals surface area (Å²) in [6.45, 7) is 11.1. The molecule has 122 valence electrons. The predicted octanol–water partition coefficient (Wildman–Crippen LogP) is 1.80. The molecular weight excluding hydrogens is 274 g/mol. The van der Waals surface area contributed by atoms with E-state index < -0.39 is 23.1 Å². The smallest absolute Gasteiger partial charge is 0.407 e. The standard InChI is InChI=1S/C15H27NO5/c1-13(2,3)20-12(18)16-10-7-9(8-17)15(6)11(10)19-14(4,5)21-15/h9-11,17H,7-8H2,1-6H3,(H,16,18)/t9-,10?,11+,15-/m1/s1. The zero-order valence-corrected chi connectivity index (χ0v) is 13.7. The van der Waals surface area contributed by atoms with Crippen LogP contribution < -0.4 is 5.32 Å². The van der Waals surface area contributed by atoms with Crippen LogP contribution in [0.3, 0.4) is 0 Å². The molecule has 4 atom stereocenters. The van der Waals surface area contributed by atoms with Gasteiger partial charge in [0.1, 0.15) is 17.3 Å². The molecule has 0 aromatic carbocycles. The lowest BCUT2D eigenvalue weighted by Crippen LogP contribution is -2.48. The number of carbonyl (C=O) groups is 1. The fourth-order valence-electron chi connectivity index (χ4n) is 3.35. The molecule has 2 rings (SSSR count). The molecule has 1 saturated heterocycles. The molecule has 0 bridgehead atoms. The Bertz CT molecular complexity index is 417. The summed E-state index contributed by atoms with van der Waals surface area (Å²) in [5.74, 6) is -0.801. The summed E-state index contributed by atoms with van der Waals surface area (Å²) >= 11 is 0. The van der Waals surface area contributed by atoms with Gasteiger partial charge in [-0.2, -0.15) is 0 Å². The minimum atomic E-state index is -0.721. The maximum absolute atomic E-state index is 12.0. The van der Waals surface area contributed by atoms with Gasteiger partial charge >= 0.3 is 6.09 Å². The van der Waals surface area contributed by atoms with Crippen molar-refractivity contribution in [2.45, 2.75) is 77.1 Å². The number of aliphatic hydroxyl groups excluding tert-OH is 1. The van der Waals surface area contributed by atoms with E-state index in [0.29, 0.717) is 6.42 Å². The average Bonchev–Trinajstić information content (AvgIpc) is 2.64. The van der Waals surface area contributed by atoms with E-state index in [-0.39, 0.29) is 24.7 Å². The number of fused-ring (bicyclic) bond motifs is 1. The van der Waals surface area contributed by atoms with Gasteiger partial charge in [-0.3, -0.25) is 0 Å². The van der Waals surface area contributed by atoms with Crippen LogP contribution in [0, 0.1) is 5.92 Å². The van der Waals surface area contributed by atoms with Crippen molar-refractivity contribution in [2.24, 2.45) is 5.92 Å². The summed E-state index contributed by atoms with van der Waals surface area (Å²) in [5, 5.41) is 12.5. The highest BCUT2D eigenvalue weighted by Crippen LogP contribution is 2.49. The second kappa shape index (κ2) is 5.11. The molecule has 6 heteroatoms. The Labute approximate surface area is 126 Å². The molecule has 6 nitrogen and oxygen atoms in total. The number of alkyl carbamates (subject to hydrolysis) is 1. The van der Waals surface area contributed by atoms with Gasteiger partial charge in [-0.1, -0.05) is 0 Å². The number of ether oxygens (including phenoxy) is 3. The Morgan fingerprint density at radius 3 is 2.52 bits per heavy atom. The highest BCUT2D eigenvalue weighted by molar-refractivity contribution is 5.68. The summed E-state index contributed by atoms with van der Waals surface area (Å²) in [6, 6.07) is -0.233. The lowest BCUT2D eigenvalue weighted by molar-refractivity contribution is -0.177. The SMILES string of the molecule is CC(C)(C)OC(=O)NC1C[C@H](CO)[C@@]2(C)OC(C)(C)O[C@@H]12. The van der Waals surface area contributed by atoms with Gasteiger partial charge in [-0.05, 0) is 48.0 Å². The fraction of sp³-hybridized carbons (Fsp3) is 0.933. The molecule has 2 fully saturated rings. The van der Waals surface area contributed by atoms with Crippen molar-refractivity contribution in [1.82, 2.24) is 5.32 Å². The first-order valence-corrected chi connectivity index (χ1v) is 7.45. The van der Waals surface area contributed by atoms with Crippen molar-refractivity contribution < 1.29 is 24.1 Å². The lowest BCUT2D eigenvalue weighted by Gasteiger charge is -2.29. The summed E-state index contributed by atoms with van der Waals surface area (Å²) in [7, 11) is 0. The number of rotatable bonds is 2. The van der Waals surface area contributed by atoms with Crippen LogP contribution in [-0.2, 0) is 14.2 Å². The van der Waals surface area contributed by atoms with E-state index in [0.717, 1.165) is 0 Å². The molecule has 0 spiro atoms. The molecular formula is C15H27NO5. The van der Waals surface area contributed by atoms with Crippen LogP contribution >= 0.6 is 0 Å².